The van der Waals surface area contributed by atoms with Crippen LogP contribution in [0.2, 0.25) is 0 Å². The molecule has 1 aromatic heterocycles. The fraction of sp³-hybridized carbons (Fsp3) is 0.292. The zero-order valence-corrected chi connectivity index (χ0v) is 18.8. The maximum Gasteiger partial charge on any atom is 0.416 e. The SMILES string of the molecule is O=C(NC1CN(C2CN(C(=O)c3ccc(-c4cccc(C(F)(F)F)c4)cc3)C2)C1)c1nccs1. The Morgan fingerprint density at radius 3 is 2.38 bits per heavy atom. The molecule has 2 aliphatic heterocycles. The minimum atomic E-state index is -4.40. The minimum absolute atomic E-state index is 0.0875. The number of halogens is 3. The second-order valence-corrected chi connectivity index (χ2v) is 9.38. The summed E-state index contributed by atoms with van der Waals surface area (Å²) in [6, 6.07) is 12.1. The highest BCUT2D eigenvalue weighted by Crippen LogP contribution is 2.32. The molecule has 2 fully saturated rings. The van der Waals surface area contributed by atoms with Gasteiger partial charge in [-0.05, 0) is 35.4 Å². The standard InChI is InChI=1S/C24H21F3N4O2S/c25-24(26,27)18-3-1-2-17(10-18)15-4-6-16(7-5-15)23(33)31-13-20(14-31)30-11-19(12-30)29-21(32)22-28-8-9-34-22/h1-10,19-20H,11-14H2,(H,29,32). The van der Waals surface area contributed by atoms with Crippen LogP contribution < -0.4 is 5.32 Å². The number of aromatic nitrogens is 1. The summed E-state index contributed by atoms with van der Waals surface area (Å²) in [6.07, 6.45) is -2.80. The summed E-state index contributed by atoms with van der Waals surface area (Å²) in [6.45, 7) is 2.72. The van der Waals surface area contributed by atoms with E-state index in [2.05, 4.69) is 15.2 Å². The number of carbonyl (C=O) groups is 2. The van der Waals surface area contributed by atoms with E-state index in [0.29, 0.717) is 34.8 Å². The number of rotatable bonds is 5. The molecule has 2 aliphatic rings. The van der Waals surface area contributed by atoms with E-state index < -0.39 is 11.7 Å². The first-order chi connectivity index (χ1) is 16.3. The Morgan fingerprint density at radius 1 is 1.00 bits per heavy atom. The molecule has 6 nitrogen and oxygen atoms in total. The molecule has 5 rings (SSSR count). The first kappa shape index (κ1) is 22.5. The summed E-state index contributed by atoms with van der Waals surface area (Å²) in [4.78, 5) is 32.8. The normalized spacial score (nSPS) is 17.2. The third-order valence-electron chi connectivity index (χ3n) is 6.19. The summed E-state index contributed by atoms with van der Waals surface area (Å²) >= 11 is 1.31. The van der Waals surface area contributed by atoms with E-state index in [1.165, 1.54) is 17.4 Å². The number of nitrogens with one attached hydrogen (secondary N) is 1. The average Bonchev–Trinajstić information content (AvgIpc) is 3.31. The molecule has 2 amide bonds. The van der Waals surface area contributed by atoms with Crippen molar-refractivity contribution in [2.24, 2.45) is 0 Å². The number of amides is 2. The van der Waals surface area contributed by atoms with Crippen LogP contribution in [0.1, 0.15) is 25.7 Å². The molecule has 0 bridgehead atoms. The van der Waals surface area contributed by atoms with Gasteiger partial charge in [0, 0.05) is 49.4 Å². The molecule has 1 N–H and O–H groups in total. The van der Waals surface area contributed by atoms with Crippen molar-refractivity contribution in [2.45, 2.75) is 18.3 Å². The molecular formula is C24H21F3N4O2S. The molecule has 3 aromatic rings. The zero-order chi connectivity index (χ0) is 23.9. The molecule has 3 heterocycles. The summed E-state index contributed by atoms with van der Waals surface area (Å²) in [7, 11) is 0. The Bertz CT molecular complexity index is 1190. The highest BCUT2D eigenvalue weighted by atomic mass is 32.1. The molecule has 0 unspecified atom stereocenters. The van der Waals surface area contributed by atoms with Crippen LogP contribution in [0.4, 0.5) is 13.2 Å². The molecule has 10 heteroatoms. The lowest BCUT2D eigenvalue weighted by atomic mass is 9.98. The van der Waals surface area contributed by atoms with Crippen molar-refractivity contribution in [1.82, 2.24) is 20.1 Å². The molecular weight excluding hydrogens is 465 g/mol. The Morgan fingerprint density at radius 2 is 1.74 bits per heavy atom. The second kappa shape index (κ2) is 8.84. The molecule has 176 valence electrons. The van der Waals surface area contributed by atoms with Crippen LogP contribution in [0.15, 0.2) is 60.1 Å². The van der Waals surface area contributed by atoms with Gasteiger partial charge in [0.15, 0.2) is 5.01 Å². The highest BCUT2D eigenvalue weighted by molar-refractivity contribution is 7.11. The molecule has 0 atom stereocenters. The van der Waals surface area contributed by atoms with E-state index in [9.17, 15) is 22.8 Å². The van der Waals surface area contributed by atoms with E-state index in [-0.39, 0.29) is 23.9 Å². The van der Waals surface area contributed by atoms with Gasteiger partial charge in [0.1, 0.15) is 0 Å². The van der Waals surface area contributed by atoms with Crippen molar-refractivity contribution >= 4 is 23.2 Å². The van der Waals surface area contributed by atoms with Crippen LogP contribution in [0.25, 0.3) is 11.1 Å². The van der Waals surface area contributed by atoms with Crippen LogP contribution in [0.5, 0.6) is 0 Å². The van der Waals surface area contributed by atoms with E-state index in [1.807, 2.05) is 0 Å². The maximum atomic E-state index is 13.0. The van der Waals surface area contributed by atoms with Gasteiger partial charge in [-0.2, -0.15) is 13.2 Å². The molecule has 0 radical (unpaired) electrons. The first-order valence-corrected chi connectivity index (χ1v) is 11.7. The molecule has 2 saturated heterocycles. The number of hydrogen-bond acceptors (Lipinski definition) is 5. The van der Waals surface area contributed by atoms with E-state index in [4.69, 9.17) is 0 Å². The van der Waals surface area contributed by atoms with Gasteiger partial charge in [-0.15, -0.1) is 11.3 Å². The lowest BCUT2D eigenvalue weighted by molar-refractivity contribution is -0.137. The quantitative estimate of drug-likeness (QED) is 0.597. The largest absolute Gasteiger partial charge is 0.416 e. The minimum Gasteiger partial charge on any atom is -0.345 e. The van der Waals surface area contributed by atoms with Crippen molar-refractivity contribution in [2.75, 3.05) is 26.2 Å². The number of alkyl halides is 3. The second-order valence-electron chi connectivity index (χ2n) is 8.48. The average molecular weight is 487 g/mol. The number of likely N-dealkylation sites (tertiary alicyclic amines) is 2. The van der Waals surface area contributed by atoms with Gasteiger partial charge in [-0.1, -0.05) is 24.3 Å². The van der Waals surface area contributed by atoms with Gasteiger partial charge in [0.25, 0.3) is 11.8 Å². The van der Waals surface area contributed by atoms with Crippen molar-refractivity contribution in [1.29, 1.82) is 0 Å². The van der Waals surface area contributed by atoms with Crippen LogP contribution in [-0.4, -0.2) is 64.9 Å². The Labute approximate surface area is 198 Å². The van der Waals surface area contributed by atoms with Gasteiger partial charge < -0.3 is 10.2 Å². The summed E-state index contributed by atoms with van der Waals surface area (Å²) < 4.78 is 38.9. The maximum absolute atomic E-state index is 13.0. The van der Waals surface area contributed by atoms with E-state index >= 15 is 0 Å². The van der Waals surface area contributed by atoms with E-state index in [0.717, 1.165) is 25.2 Å². The Hall–Kier alpha value is -3.24. The van der Waals surface area contributed by atoms with Gasteiger partial charge in [0.2, 0.25) is 0 Å². The van der Waals surface area contributed by atoms with Gasteiger partial charge in [-0.25, -0.2) is 4.98 Å². The van der Waals surface area contributed by atoms with Crippen molar-refractivity contribution in [3.63, 3.8) is 0 Å². The summed E-state index contributed by atoms with van der Waals surface area (Å²) in [5.74, 6) is -0.250. The van der Waals surface area contributed by atoms with Gasteiger partial charge in [-0.3, -0.25) is 14.5 Å². The predicted molar refractivity (Wildman–Crippen MR) is 122 cm³/mol. The number of hydrogen-bond donors (Lipinski definition) is 1. The fourth-order valence-corrected chi connectivity index (χ4v) is 4.74. The smallest absolute Gasteiger partial charge is 0.345 e. The third-order valence-corrected chi connectivity index (χ3v) is 6.96. The summed E-state index contributed by atoms with van der Waals surface area (Å²) in [5, 5.41) is 5.19. The Kier molecular flexibility index (Phi) is 5.86. The monoisotopic (exact) mass is 486 g/mol. The van der Waals surface area contributed by atoms with Crippen LogP contribution >= 0.6 is 11.3 Å². The number of thiazole rings is 1. The van der Waals surface area contributed by atoms with Crippen molar-refractivity contribution < 1.29 is 22.8 Å². The summed E-state index contributed by atoms with van der Waals surface area (Å²) in [5.41, 5.74) is 0.877. The number of nitrogens with zero attached hydrogens (tertiary/aromatic N) is 3. The Balaban J connectivity index is 1.11. The number of carbonyl (C=O) groups excluding carboxylic acids is 2. The van der Waals surface area contributed by atoms with Crippen LogP contribution in [0.3, 0.4) is 0 Å². The zero-order valence-electron chi connectivity index (χ0n) is 18.0. The molecule has 0 aliphatic carbocycles. The lowest BCUT2D eigenvalue weighted by Crippen LogP contribution is -2.70. The predicted octanol–water partition coefficient (Wildman–Crippen LogP) is 3.77. The fourth-order valence-electron chi connectivity index (χ4n) is 4.20. The molecule has 34 heavy (non-hydrogen) atoms. The van der Waals surface area contributed by atoms with Crippen molar-refractivity contribution in [3.05, 3.63) is 76.2 Å². The van der Waals surface area contributed by atoms with Crippen LogP contribution in [0, 0.1) is 0 Å². The number of benzene rings is 2. The lowest BCUT2D eigenvalue weighted by Gasteiger charge is -2.51. The van der Waals surface area contributed by atoms with E-state index in [1.54, 1.807) is 46.8 Å². The van der Waals surface area contributed by atoms with Crippen molar-refractivity contribution in [3.8, 4) is 11.1 Å². The molecule has 0 spiro atoms. The first-order valence-electron chi connectivity index (χ1n) is 10.8. The molecule has 0 saturated carbocycles. The van der Waals surface area contributed by atoms with Gasteiger partial charge >= 0.3 is 6.18 Å². The molecule has 2 aromatic carbocycles. The highest BCUT2D eigenvalue weighted by Gasteiger charge is 2.41. The van der Waals surface area contributed by atoms with Crippen LogP contribution in [-0.2, 0) is 6.18 Å². The van der Waals surface area contributed by atoms with Gasteiger partial charge in [0.05, 0.1) is 11.6 Å². The topological polar surface area (TPSA) is 65.5 Å². The third kappa shape index (κ3) is 4.55.